The van der Waals surface area contributed by atoms with Crippen LogP contribution < -0.4 is 4.74 Å². The first-order valence-electron chi connectivity index (χ1n) is 10.1. The van der Waals surface area contributed by atoms with E-state index in [-0.39, 0.29) is 5.91 Å². The number of carbonyl (C=O) groups excluding carboxylic acids is 1. The second kappa shape index (κ2) is 7.16. The summed E-state index contributed by atoms with van der Waals surface area (Å²) < 4.78 is 10.9. The van der Waals surface area contributed by atoms with Gasteiger partial charge in [-0.25, -0.2) is 4.68 Å². The van der Waals surface area contributed by atoms with Gasteiger partial charge in [0.25, 0.3) is 5.91 Å². The van der Waals surface area contributed by atoms with E-state index in [1.165, 1.54) is 12.7 Å². The van der Waals surface area contributed by atoms with Crippen molar-refractivity contribution in [3.8, 4) is 17.4 Å². The Morgan fingerprint density at radius 1 is 1.10 bits per heavy atom. The van der Waals surface area contributed by atoms with Gasteiger partial charge >= 0.3 is 0 Å². The molecule has 0 N–H and O–H groups in total. The lowest BCUT2D eigenvalue weighted by atomic mass is 10.1. The topological polar surface area (TPSA) is 70.1 Å². The van der Waals surface area contributed by atoms with Crippen molar-refractivity contribution in [3.63, 3.8) is 0 Å². The van der Waals surface area contributed by atoms with Crippen molar-refractivity contribution < 1.29 is 9.53 Å². The number of ether oxygens (including phenoxy) is 1. The fourth-order valence-corrected chi connectivity index (χ4v) is 4.23. The summed E-state index contributed by atoms with van der Waals surface area (Å²) in [5.74, 6) is 1.18. The third-order valence-corrected chi connectivity index (χ3v) is 5.66. The van der Waals surface area contributed by atoms with Gasteiger partial charge in [0.15, 0.2) is 0 Å². The Labute approximate surface area is 180 Å². The zero-order valence-electron chi connectivity index (χ0n) is 18.0. The van der Waals surface area contributed by atoms with Gasteiger partial charge in [-0.3, -0.25) is 9.48 Å². The van der Waals surface area contributed by atoms with E-state index < -0.39 is 0 Å². The van der Waals surface area contributed by atoms with Gasteiger partial charge in [-0.2, -0.15) is 5.10 Å². The monoisotopic (exact) mass is 416 g/mol. The van der Waals surface area contributed by atoms with Crippen molar-refractivity contribution in [2.24, 2.45) is 7.05 Å². The predicted octanol–water partition coefficient (Wildman–Crippen LogP) is 3.18. The summed E-state index contributed by atoms with van der Waals surface area (Å²) >= 11 is 0. The summed E-state index contributed by atoms with van der Waals surface area (Å²) in [6.45, 7) is 5.10. The molecule has 8 heteroatoms. The van der Waals surface area contributed by atoms with Gasteiger partial charge in [-0.15, -0.1) is 5.10 Å². The SMILES string of the molecule is COc1nn(C)cc1C(=O)N1Cc2nn(-c3ccc(C)cc3C)c(-n3cccc3)c2C1. The minimum atomic E-state index is -0.112. The largest absolute Gasteiger partial charge is 0.479 e. The van der Waals surface area contributed by atoms with Crippen molar-refractivity contribution in [1.82, 2.24) is 29.0 Å². The van der Waals surface area contributed by atoms with E-state index in [0.29, 0.717) is 24.5 Å². The van der Waals surface area contributed by atoms with Gasteiger partial charge in [0.1, 0.15) is 11.4 Å². The summed E-state index contributed by atoms with van der Waals surface area (Å²) in [5.41, 5.74) is 5.82. The van der Waals surface area contributed by atoms with Crippen LogP contribution in [0.5, 0.6) is 5.88 Å². The van der Waals surface area contributed by atoms with E-state index in [1.54, 1.807) is 22.8 Å². The Bertz CT molecular complexity index is 1280. The number of hydrogen-bond donors (Lipinski definition) is 0. The number of aromatic nitrogens is 5. The third kappa shape index (κ3) is 3.11. The van der Waals surface area contributed by atoms with Gasteiger partial charge in [-0.05, 0) is 37.6 Å². The summed E-state index contributed by atoms with van der Waals surface area (Å²) in [6, 6.07) is 10.3. The maximum absolute atomic E-state index is 13.2. The van der Waals surface area contributed by atoms with Gasteiger partial charge in [-0.1, -0.05) is 17.7 Å². The second-order valence-corrected chi connectivity index (χ2v) is 7.93. The molecule has 158 valence electrons. The first kappa shape index (κ1) is 19.2. The number of methoxy groups -OCH3 is 1. The Morgan fingerprint density at radius 2 is 1.87 bits per heavy atom. The number of amides is 1. The highest BCUT2D eigenvalue weighted by Crippen LogP contribution is 2.33. The minimum Gasteiger partial charge on any atom is -0.479 e. The maximum atomic E-state index is 13.2. The molecule has 0 spiro atoms. The Balaban J connectivity index is 1.56. The van der Waals surface area contributed by atoms with Crippen LogP contribution in [0.4, 0.5) is 0 Å². The molecule has 1 aromatic carbocycles. The number of nitrogens with zero attached hydrogens (tertiary/aromatic N) is 6. The highest BCUT2D eigenvalue weighted by Gasteiger charge is 2.33. The molecule has 1 aliphatic rings. The molecule has 5 rings (SSSR count). The normalized spacial score (nSPS) is 13.0. The summed E-state index contributed by atoms with van der Waals surface area (Å²) in [5, 5.41) is 9.14. The molecule has 31 heavy (non-hydrogen) atoms. The first-order chi connectivity index (χ1) is 15.0. The van der Waals surface area contributed by atoms with E-state index in [4.69, 9.17) is 9.84 Å². The molecule has 0 bridgehead atoms. The average molecular weight is 416 g/mol. The standard InChI is InChI=1S/C23H24N6O2/c1-15-7-8-20(16(2)11-15)29-22(27-9-5-6-10-27)17-13-28(14-19(17)24-29)23(30)18-12-26(3)25-21(18)31-4/h5-12H,13-14H2,1-4H3. The highest BCUT2D eigenvalue weighted by molar-refractivity contribution is 5.96. The van der Waals surface area contributed by atoms with Crippen LogP contribution in [-0.2, 0) is 20.1 Å². The van der Waals surface area contributed by atoms with E-state index in [0.717, 1.165) is 28.3 Å². The number of fused-ring (bicyclic) bond motifs is 1. The molecule has 0 saturated carbocycles. The molecule has 1 amide bonds. The quantitative estimate of drug-likeness (QED) is 0.512. The molecule has 0 saturated heterocycles. The Hall–Kier alpha value is -3.81. The lowest BCUT2D eigenvalue weighted by Crippen LogP contribution is -2.26. The van der Waals surface area contributed by atoms with E-state index in [1.807, 2.05) is 29.2 Å². The van der Waals surface area contributed by atoms with Gasteiger partial charge in [0.05, 0.1) is 31.6 Å². The lowest BCUT2D eigenvalue weighted by molar-refractivity contribution is 0.0745. The predicted molar refractivity (Wildman–Crippen MR) is 116 cm³/mol. The van der Waals surface area contributed by atoms with Crippen LogP contribution in [-0.4, -0.2) is 42.0 Å². The molecule has 8 nitrogen and oxygen atoms in total. The maximum Gasteiger partial charge on any atom is 0.261 e. The lowest BCUT2D eigenvalue weighted by Gasteiger charge is -2.18. The molecule has 1 aliphatic heterocycles. The van der Waals surface area contributed by atoms with Gasteiger partial charge in [0.2, 0.25) is 5.88 Å². The second-order valence-electron chi connectivity index (χ2n) is 7.93. The summed E-state index contributed by atoms with van der Waals surface area (Å²) in [6.07, 6.45) is 5.71. The zero-order valence-corrected chi connectivity index (χ0v) is 18.0. The summed E-state index contributed by atoms with van der Waals surface area (Å²) in [4.78, 5) is 15.0. The van der Waals surface area contributed by atoms with E-state index >= 15 is 0 Å². The smallest absolute Gasteiger partial charge is 0.261 e. The summed E-state index contributed by atoms with van der Waals surface area (Å²) in [7, 11) is 3.30. The molecular weight excluding hydrogens is 392 g/mol. The number of carbonyl (C=O) groups is 1. The van der Waals surface area contributed by atoms with Crippen molar-refractivity contribution >= 4 is 5.91 Å². The number of benzene rings is 1. The molecule has 4 aromatic rings. The van der Waals surface area contributed by atoms with Crippen molar-refractivity contribution in [3.05, 3.63) is 76.9 Å². The van der Waals surface area contributed by atoms with Gasteiger partial charge in [0, 0.05) is 31.2 Å². The molecule has 0 radical (unpaired) electrons. The number of hydrogen-bond acceptors (Lipinski definition) is 4. The fraction of sp³-hybridized carbons (Fsp3) is 0.261. The molecule has 0 atom stereocenters. The zero-order chi connectivity index (χ0) is 21.7. The van der Waals surface area contributed by atoms with Crippen molar-refractivity contribution in [2.45, 2.75) is 26.9 Å². The highest BCUT2D eigenvalue weighted by atomic mass is 16.5. The van der Waals surface area contributed by atoms with Crippen LogP contribution >= 0.6 is 0 Å². The molecule has 3 aromatic heterocycles. The van der Waals surface area contributed by atoms with E-state index in [2.05, 4.69) is 41.7 Å². The average Bonchev–Trinajstić information content (AvgIpc) is 3.50. The van der Waals surface area contributed by atoms with Crippen LogP contribution in [0.15, 0.2) is 48.9 Å². The fourth-order valence-electron chi connectivity index (χ4n) is 4.23. The van der Waals surface area contributed by atoms with Crippen molar-refractivity contribution in [2.75, 3.05) is 7.11 Å². The molecule has 0 unspecified atom stereocenters. The molecular formula is C23H24N6O2. The van der Waals surface area contributed by atoms with Gasteiger partial charge < -0.3 is 14.2 Å². The first-order valence-corrected chi connectivity index (χ1v) is 10.1. The number of aryl methyl sites for hydroxylation is 3. The Morgan fingerprint density at radius 3 is 2.58 bits per heavy atom. The van der Waals surface area contributed by atoms with Crippen LogP contribution in [0.25, 0.3) is 11.5 Å². The molecule has 4 heterocycles. The van der Waals surface area contributed by atoms with Crippen LogP contribution in [0.2, 0.25) is 0 Å². The van der Waals surface area contributed by atoms with E-state index in [9.17, 15) is 4.79 Å². The molecule has 0 fully saturated rings. The minimum absolute atomic E-state index is 0.112. The number of rotatable bonds is 4. The third-order valence-electron chi connectivity index (χ3n) is 5.66. The molecule has 0 aliphatic carbocycles. The Kier molecular flexibility index (Phi) is 4.43. The van der Waals surface area contributed by atoms with Crippen molar-refractivity contribution in [1.29, 1.82) is 0 Å². The van der Waals surface area contributed by atoms with Crippen LogP contribution in [0.3, 0.4) is 0 Å². The van der Waals surface area contributed by atoms with Crippen LogP contribution in [0.1, 0.15) is 32.7 Å². The van der Waals surface area contributed by atoms with Crippen LogP contribution in [0, 0.1) is 13.8 Å².